The maximum Gasteiger partial charge on any atom is 0.426 e. The first-order valence-electron chi connectivity index (χ1n) is 10.3. The predicted molar refractivity (Wildman–Crippen MR) is 118 cm³/mol. The second-order valence-electron chi connectivity index (χ2n) is 9.11. The number of halogens is 2. The summed E-state index contributed by atoms with van der Waals surface area (Å²) in [7, 11) is 0. The molecule has 0 radical (unpaired) electrons. The summed E-state index contributed by atoms with van der Waals surface area (Å²) in [4.78, 5) is 50.6. The smallest absolute Gasteiger partial charge is 0.426 e. The Morgan fingerprint density at radius 3 is 2.42 bits per heavy atom. The molecule has 0 bridgehead atoms. The van der Waals surface area contributed by atoms with Crippen molar-refractivity contribution in [3.63, 3.8) is 0 Å². The number of hydrazine groups is 1. The van der Waals surface area contributed by atoms with Gasteiger partial charge in [-0.1, -0.05) is 6.92 Å². The number of aryl methyl sites for hydroxylation is 1. The first kappa shape index (κ1) is 24.7. The molecular formula is C20H27F2N5O5S. The van der Waals surface area contributed by atoms with E-state index in [9.17, 15) is 28.0 Å². The zero-order chi connectivity index (χ0) is 24.8. The van der Waals surface area contributed by atoms with Gasteiger partial charge in [0.15, 0.2) is 0 Å². The lowest BCUT2D eigenvalue weighted by Crippen LogP contribution is -2.49. The number of primary amides is 1. The van der Waals surface area contributed by atoms with E-state index in [-0.39, 0.29) is 28.7 Å². The van der Waals surface area contributed by atoms with Crippen molar-refractivity contribution in [2.24, 2.45) is 11.7 Å². The van der Waals surface area contributed by atoms with Gasteiger partial charge in [0.1, 0.15) is 10.4 Å². The zero-order valence-electron chi connectivity index (χ0n) is 19.0. The second kappa shape index (κ2) is 8.76. The molecule has 0 aliphatic heterocycles. The number of fused-ring (bicyclic) bond motifs is 1. The number of carbonyl (C=O) groups is 2. The zero-order valence-corrected chi connectivity index (χ0v) is 19.8. The molecule has 1 saturated carbocycles. The number of nitrogens with one attached hydrogen (secondary N) is 1. The van der Waals surface area contributed by atoms with Gasteiger partial charge in [-0.3, -0.25) is 13.9 Å². The third-order valence-corrected chi connectivity index (χ3v) is 6.55. The number of nitrogens with zero attached hydrogens (tertiary/aromatic N) is 3. The molecule has 13 heteroatoms. The van der Waals surface area contributed by atoms with Crippen LogP contribution in [0.3, 0.4) is 0 Å². The summed E-state index contributed by atoms with van der Waals surface area (Å²) in [5.41, 5.74) is 5.88. The number of rotatable bonds is 5. The minimum atomic E-state index is -2.81. The molecule has 2 atom stereocenters. The number of hydrogen-bond donors (Lipinski definition) is 2. The minimum absolute atomic E-state index is 0.0871. The Hall–Kier alpha value is -2.96. The van der Waals surface area contributed by atoms with Gasteiger partial charge in [0.25, 0.3) is 12.0 Å². The van der Waals surface area contributed by atoms with Crippen LogP contribution >= 0.6 is 11.3 Å². The number of thiophene rings is 1. The van der Waals surface area contributed by atoms with Crippen LogP contribution in [0, 0.1) is 12.8 Å². The van der Waals surface area contributed by atoms with Gasteiger partial charge in [0, 0.05) is 10.9 Å². The molecule has 1 aliphatic carbocycles. The van der Waals surface area contributed by atoms with Crippen molar-refractivity contribution < 1.29 is 23.1 Å². The molecular weight excluding hydrogens is 460 g/mol. The average Bonchev–Trinajstić information content (AvgIpc) is 3.27. The third-order valence-electron chi connectivity index (χ3n) is 5.25. The van der Waals surface area contributed by atoms with E-state index in [0.717, 1.165) is 25.5 Å². The monoisotopic (exact) mass is 487 g/mol. The van der Waals surface area contributed by atoms with E-state index in [1.165, 1.54) is 0 Å². The van der Waals surface area contributed by atoms with E-state index in [2.05, 4.69) is 5.43 Å². The van der Waals surface area contributed by atoms with Crippen LogP contribution in [-0.4, -0.2) is 38.3 Å². The molecule has 2 heterocycles. The predicted octanol–water partition coefficient (Wildman–Crippen LogP) is 2.70. The first-order chi connectivity index (χ1) is 15.2. The molecule has 1 fully saturated rings. The SMILES string of the molecule is Cc1c(CN(NC(=O)OC(C)(C)C)C(N)=O)sc2c1c(=O)n([C@H]1C[C@@H]1C)c(=O)n2CC(F)F. The van der Waals surface area contributed by atoms with Crippen molar-refractivity contribution in [1.29, 1.82) is 0 Å². The summed E-state index contributed by atoms with van der Waals surface area (Å²) >= 11 is 0.923. The summed E-state index contributed by atoms with van der Waals surface area (Å²) in [5, 5.41) is 0.930. The van der Waals surface area contributed by atoms with Crippen LogP contribution in [-0.2, 0) is 17.8 Å². The Bertz CT molecular complexity index is 1210. The molecule has 33 heavy (non-hydrogen) atoms. The van der Waals surface area contributed by atoms with Crippen molar-refractivity contribution in [3.8, 4) is 0 Å². The van der Waals surface area contributed by atoms with Crippen molar-refractivity contribution in [1.82, 2.24) is 19.6 Å². The number of alkyl halides is 2. The Morgan fingerprint density at radius 2 is 1.94 bits per heavy atom. The van der Waals surface area contributed by atoms with Crippen molar-refractivity contribution in [2.75, 3.05) is 0 Å². The average molecular weight is 488 g/mol. The molecule has 0 saturated heterocycles. The molecule has 0 aromatic carbocycles. The highest BCUT2D eigenvalue weighted by atomic mass is 32.1. The fourth-order valence-corrected chi connectivity index (χ4v) is 4.83. The third kappa shape index (κ3) is 5.18. The lowest BCUT2D eigenvalue weighted by molar-refractivity contribution is 0.0376. The van der Waals surface area contributed by atoms with Gasteiger partial charge in [-0.15, -0.1) is 11.3 Å². The van der Waals surface area contributed by atoms with Crippen LogP contribution in [0.15, 0.2) is 9.59 Å². The highest BCUT2D eigenvalue weighted by molar-refractivity contribution is 7.18. The Balaban J connectivity index is 2.07. The highest BCUT2D eigenvalue weighted by Crippen LogP contribution is 2.41. The molecule has 1 aliphatic rings. The molecule has 3 amide bonds. The number of ether oxygens (including phenoxy) is 1. The summed E-state index contributed by atoms with van der Waals surface area (Å²) < 4.78 is 33.6. The Morgan fingerprint density at radius 1 is 1.33 bits per heavy atom. The lowest BCUT2D eigenvalue weighted by atomic mass is 10.2. The van der Waals surface area contributed by atoms with Gasteiger partial charge in [0.05, 0.1) is 18.5 Å². The molecule has 0 spiro atoms. The van der Waals surface area contributed by atoms with Gasteiger partial charge in [-0.05, 0) is 45.6 Å². The van der Waals surface area contributed by atoms with E-state index >= 15 is 0 Å². The quantitative estimate of drug-likeness (QED) is 0.627. The maximum absolute atomic E-state index is 13.3. The maximum atomic E-state index is 13.3. The largest absolute Gasteiger partial charge is 0.443 e. The number of aromatic nitrogens is 2. The summed E-state index contributed by atoms with van der Waals surface area (Å²) in [6.45, 7) is 7.28. The van der Waals surface area contributed by atoms with E-state index in [4.69, 9.17) is 10.5 Å². The van der Waals surface area contributed by atoms with Crippen LogP contribution in [0.5, 0.6) is 0 Å². The van der Waals surface area contributed by atoms with Crippen LogP contribution < -0.4 is 22.4 Å². The number of hydrogen-bond acceptors (Lipinski definition) is 6. The lowest BCUT2D eigenvalue weighted by Gasteiger charge is -2.24. The van der Waals surface area contributed by atoms with Crippen LogP contribution in [0.1, 0.15) is 50.6 Å². The van der Waals surface area contributed by atoms with Crippen molar-refractivity contribution in [3.05, 3.63) is 31.3 Å². The molecule has 182 valence electrons. The summed E-state index contributed by atoms with van der Waals surface area (Å²) in [5.74, 6) is 0.0923. The van der Waals surface area contributed by atoms with Crippen LogP contribution in [0.4, 0.5) is 18.4 Å². The van der Waals surface area contributed by atoms with Crippen molar-refractivity contribution in [2.45, 2.75) is 72.2 Å². The topological polar surface area (TPSA) is 129 Å². The number of amides is 3. The normalized spacial score (nSPS) is 17.9. The number of urea groups is 1. The minimum Gasteiger partial charge on any atom is -0.443 e. The molecule has 3 N–H and O–H groups in total. The highest BCUT2D eigenvalue weighted by Gasteiger charge is 2.38. The van der Waals surface area contributed by atoms with Gasteiger partial charge >= 0.3 is 17.8 Å². The first-order valence-corrected chi connectivity index (χ1v) is 11.1. The van der Waals surface area contributed by atoms with E-state index in [1.807, 2.05) is 6.92 Å². The Labute approximate surface area is 191 Å². The molecule has 3 rings (SSSR count). The van der Waals surface area contributed by atoms with Gasteiger partial charge < -0.3 is 10.5 Å². The van der Waals surface area contributed by atoms with E-state index in [0.29, 0.717) is 16.9 Å². The fourth-order valence-electron chi connectivity index (χ4n) is 3.54. The molecule has 0 unspecified atom stereocenters. The van der Waals surface area contributed by atoms with Crippen LogP contribution in [0.25, 0.3) is 10.2 Å². The summed E-state index contributed by atoms with van der Waals surface area (Å²) in [6.07, 6.45) is -3.12. The number of carbonyl (C=O) groups excluding carboxylic acids is 2. The Kier molecular flexibility index (Phi) is 6.55. The molecule has 10 nitrogen and oxygen atoms in total. The standard InChI is InChI=1S/C20H27F2N5O5S/c1-9-6-11(9)27-15(28)14-10(2)12(33-16(14)25(19(27)31)8-13(21)22)7-26(17(23)29)24-18(30)32-20(3,4)5/h9,11,13H,6-8H2,1-5H3,(H2,23,29)(H,24,30)/t9-,11-/m0/s1. The van der Waals surface area contributed by atoms with E-state index in [1.54, 1.807) is 27.7 Å². The number of nitrogens with two attached hydrogens (primary N) is 1. The van der Waals surface area contributed by atoms with Gasteiger partial charge in [-0.2, -0.15) is 0 Å². The van der Waals surface area contributed by atoms with Gasteiger partial charge in [-0.25, -0.2) is 33.6 Å². The van der Waals surface area contributed by atoms with Gasteiger partial charge in [0.2, 0.25) is 0 Å². The fraction of sp³-hybridized carbons (Fsp3) is 0.600. The van der Waals surface area contributed by atoms with E-state index < -0.39 is 41.9 Å². The van der Waals surface area contributed by atoms with Crippen LogP contribution in [0.2, 0.25) is 0 Å². The van der Waals surface area contributed by atoms with Crippen molar-refractivity contribution >= 4 is 33.7 Å². The molecule has 2 aromatic heterocycles. The molecule has 2 aromatic rings. The second-order valence-corrected chi connectivity index (χ2v) is 10.2. The summed E-state index contributed by atoms with van der Waals surface area (Å²) in [6, 6.07) is -1.33.